The second kappa shape index (κ2) is 4.47. The fraction of sp³-hybridized carbons (Fsp3) is 0.900. The maximum Gasteiger partial charge on any atom is 0.0635 e. The molecule has 12 heavy (non-hydrogen) atoms. The van der Waals surface area contributed by atoms with Gasteiger partial charge in [0.15, 0.2) is 0 Å². The Kier molecular flexibility index (Phi) is 3.55. The highest BCUT2D eigenvalue weighted by Crippen LogP contribution is 2.21. The summed E-state index contributed by atoms with van der Waals surface area (Å²) >= 11 is 0. The zero-order chi connectivity index (χ0) is 8.97. The minimum Gasteiger partial charge on any atom is -0.300 e. The summed E-state index contributed by atoms with van der Waals surface area (Å²) in [6, 6.07) is 2.89. The number of likely N-dealkylation sites (tertiary alicyclic amines) is 1. The number of rotatable bonds is 2. The van der Waals surface area contributed by atoms with E-state index in [0.717, 1.165) is 12.5 Å². The smallest absolute Gasteiger partial charge is 0.0635 e. The summed E-state index contributed by atoms with van der Waals surface area (Å²) in [5.41, 5.74) is 0. The first-order chi connectivity index (χ1) is 5.74. The number of nitriles is 1. The molecule has 1 fully saturated rings. The van der Waals surface area contributed by atoms with Gasteiger partial charge in [-0.15, -0.1) is 0 Å². The summed E-state index contributed by atoms with van der Waals surface area (Å²) in [5.74, 6) is 0.873. The molecule has 0 bridgehead atoms. The zero-order valence-electron chi connectivity index (χ0n) is 8.08. The predicted octanol–water partition coefficient (Wildman–Crippen LogP) is 2.02. The lowest BCUT2D eigenvalue weighted by Crippen LogP contribution is -2.40. The first-order valence-electron chi connectivity index (χ1n) is 4.85. The second-order valence-electron chi connectivity index (χ2n) is 3.92. The van der Waals surface area contributed by atoms with E-state index in [0.29, 0.717) is 12.5 Å². The van der Waals surface area contributed by atoms with Crippen molar-refractivity contribution in [2.24, 2.45) is 5.92 Å². The molecule has 68 valence electrons. The van der Waals surface area contributed by atoms with Gasteiger partial charge in [0.2, 0.25) is 0 Å². The normalized spacial score (nSPS) is 31.4. The molecule has 0 N–H and O–H groups in total. The molecule has 0 aromatic heterocycles. The number of hydrogen-bond donors (Lipinski definition) is 0. The zero-order valence-corrected chi connectivity index (χ0v) is 8.08. The lowest BCUT2D eigenvalue weighted by Gasteiger charge is -2.35. The van der Waals surface area contributed by atoms with Crippen LogP contribution in [0.5, 0.6) is 0 Å². The van der Waals surface area contributed by atoms with E-state index in [2.05, 4.69) is 24.8 Å². The van der Waals surface area contributed by atoms with E-state index >= 15 is 0 Å². The van der Waals surface area contributed by atoms with Crippen molar-refractivity contribution in [3.05, 3.63) is 0 Å². The second-order valence-corrected chi connectivity index (χ2v) is 3.92. The van der Waals surface area contributed by atoms with Crippen LogP contribution in [0, 0.1) is 17.2 Å². The van der Waals surface area contributed by atoms with E-state index < -0.39 is 0 Å². The average Bonchev–Trinajstić information content (AvgIpc) is 2.03. The monoisotopic (exact) mass is 166 g/mol. The Morgan fingerprint density at radius 3 is 2.83 bits per heavy atom. The van der Waals surface area contributed by atoms with E-state index in [4.69, 9.17) is 5.26 Å². The quantitative estimate of drug-likeness (QED) is 0.627. The summed E-state index contributed by atoms with van der Waals surface area (Å²) in [7, 11) is 0. The van der Waals surface area contributed by atoms with Crippen LogP contribution in [0.1, 0.15) is 33.1 Å². The van der Waals surface area contributed by atoms with Crippen molar-refractivity contribution in [3.8, 4) is 6.07 Å². The van der Waals surface area contributed by atoms with Gasteiger partial charge in [-0.05, 0) is 32.2 Å². The molecule has 1 rings (SSSR count). The Hall–Kier alpha value is -0.550. The maximum absolute atomic E-state index is 8.46. The molecule has 2 atom stereocenters. The van der Waals surface area contributed by atoms with Gasteiger partial charge < -0.3 is 0 Å². The van der Waals surface area contributed by atoms with Crippen LogP contribution in [0.15, 0.2) is 0 Å². The van der Waals surface area contributed by atoms with Gasteiger partial charge in [-0.3, -0.25) is 4.90 Å². The summed E-state index contributed by atoms with van der Waals surface area (Å²) < 4.78 is 0. The molecule has 2 nitrogen and oxygen atoms in total. The molecule has 0 radical (unpaired) electrons. The third-order valence-corrected chi connectivity index (χ3v) is 2.79. The van der Waals surface area contributed by atoms with Crippen molar-refractivity contribution in [1.82, 2.24) is 4.90 Å². The molecule has 1 saturated heterocycles. The number of hydrogen-bond acceptors (Lipinski definition) is 2. The van der Waals surface area contributed by atoms with Gasteiger partial charge >= 0.3 is 0 Å². The first kappa shape index (κ1) is 9.54. The molecular weight excluding hydrogens is 148 g/mol. The lowest BCUT2D eigenvalue weighted by atomic mass is 9.93. The molecule has 0 aromatic rings. The maximum atomic E-state index is 8.46. The van der Waals surface area contributed by atoms with Crippen LogP contribution < -0.4 is 0 Å². The van der Waals surface area contributed by atoms with Crippen LogP contribution in [-0.2, 0) is 0 Å². The van der Waals surface area contributed by atoms with Crippen LogP contribution >= 0.6 is 0 Å². The molecule has 1 heterocycles. The first-order valence-corrected chi connectivity index (χ1v) is 4.85. The van der Waals surface area contributed by atoms with Gasteiger partial charge in [-0.2, -0.15) is 5.26 Å². The summed E-state index contributed by atoms with van der Waals surface area (Å²) in [6.45, 7) is 6.74. The van der Waals surface area contributed by atoms with Crippen molar-refractivity contribution in [1.29, 1.82) is 5.26 Å². The lowest BCUT2D eigenvalue weighted by molar-refractivity contribution is 0.132. The van der Waals surface area contributed by atoms with Gasteiger partial charge in [-0.1, -0.05) is 6.92 Å². The minimum atomic E-state index is 0.679. The minimum absolute atomic E-state index is 0.679. The van der Waals surface area contributed by atoms with Gasteiger partial charge in [-0.25, -0.2) is 0 Å². The van der Waals surface area contributed by atoms with Gasteiger partial charge in [0.1, 0.15) is 0 Å². The Balaban J connectivity index is 2.30. The molecule has 0 amide bonds. The Bertz CT molecular complexity index is 171. The van der Waals surface area contributed by atoms with E-state index in [1.165, 1.54) is 19.4 Å². The van der Waals surface area contributed by atoms with Crippen LogP contribution in [0.3, 0.4) is 0 Å². The highest BCUT2D eigenvalue weighted by Gasteiger charge is 2.21. The van der Waals surface area contributed by atoms with Crippen LogP contribution in [-0.4, -0.2) is 24.0 Å². The van der Waals surface area contributed by atoms with Gasteiger partial charge in [0, 0.05) is 19.0 Å². The fourth-order valence-electron chi connectivity index (χ4n) is 1.98. The fourth-order valence-corrected chi connectivity index (χ4v) is 1.98. The van der Waals surface area contributed by atoms with Crippen molar-refractivity contribution < 1.29 is 0 Å². The number of nitrogens with zero attached hydrogens (tertiary/aromatic N) is 2. The van der Waals surface area contributed by atoms with E-state index in [9.17, 15) is 0 Å². The molecule has 1 aliphatic rings. The summed E-state index contributed by atoms with van der Waals surface area (Å²) in [6.07, 6.45) is 3.28. The van der Waals surface area contributed by atoms with E-state index in [1.807, 2.05) is 0 Å². The largest absolute Gasteiger partial charge is 0.300 e. The van der Waals surface area contributed by atoms with E-state index in [1.54, 1.807) is 0 Å². The summed E-state index contributed by atoms with van der Waals surface area (Å²) in [4.78, 5) is 2.43. The van der Waals surface area contributed by atoms with Crippen LogP contribution in [0.25, 0.3) is 0 Å². The SMILES string of the molecule is C[C@H]1CCN(CCC#N)[C@@H](C)C1. The molecule has 0 aromatic carbocycles. The van der Waals surface area contributed by atoms with E-state index in [-0.39, 0.29) is 0 Å². The van der Waals surface area contributed by atoms with Crippen molar-refractivity contribution in [2.75, 3.05) is 13.1 Å². The summed E-state index contributed by atoms with van der Waals surface area (Å²) in [5, 5.41) is 8.46. The highest BCUT2D eigenvalue weighted by atomic mass is 15.2. The molecule has 0 aliphatic carbocycles. The number of piperidine rings is 1. The van der Waals surface area contributed by atoms with Crippen molar-refractivity contribution >= 4 is 0 Å². The van der Waals surface area contributed by atoms with Gasteiger partial charge in [0.05, 0.1) is 6.07 Å². The molecule has 2 heteroatoms. The third kappa shape index (κ3) is 2.49. The third-order valence-electron chi connectivity index (χ3n) is 2.79. The van der Waals surface area contributed by atoms with Crippen molar-refractivity contribution in [3.63, 3.8) is 0 Å². The molecular formula is C10H18N2. The molecule has 0 spiro atoms. The highest BCUT2D eigenvalue weighted by molar-refractivity contribution is 4.80. The Morgan fingerprint density at radius 1 is 1.50 bits per heavy atom. The van der Waals surface area contributed by atoms with Crippen LogP contribution in [0.4, 0.5) is 0 Å². The Morgan fingerprint density at radius 2 is 2.25 bits per heavy atom. The van der Waals surface area contributed by atoms with Crippen molar-refractivity contribution in [2.45, 2.75) is 39.2 Å². The van der Waals surface area contributed by atoms with Gasteiger partial charge in [0.25, 0.3) is 0 Å². The average molecular weight is 166 g/mol. The predicted molar refractivity (Wildman–Crippen MR) is 49.7 cm³/mol. The molecule has 0 saturated carbocycles. The van der Waals surface area contributed by atoms with Crippen LogP contribution in [0.2, 0.25) is 0 Å². The molecule has 1 aliphatic heterocycles. The topological polar surface area (TPSA) is 27.0 Å². The Labute approximate surface area is 75.2 Å². The molecule has 0 unspecified atom stereocenters. The standard InChI is InChI=1S/C10H18N2/c1-9-4-7-12(6-3-5-11)10(2)8-9/h9-10H,3-4,6-8H2,1-2H3/t9-,10-/m0/s1.